The van der Waals surface area contributed by atoms with E-state index in [0.29, 0.717) is 5.02 Å². The zero-order valence-corrected chi connectivity index (χ0v) is 12.2. The Morgan fingerprint density at radius 1 is 1.42 bits per heavy atom. The summed E-state index contributed by atoms with van der Waals surface area (Å²) in [5.74, 6) is 0.923. The van der Waals surface area contributed by atoms with E-state index in [9.17, 15) is 0 Å². The monoisotopic (exact) mass is 279 g/mol. The molecule has 19 heavy (non-hydrogen) atoms. The molecule has 2 rings (SSSR count). The maximum absolute atomic E-state index is 7.71. The van der Waals surface area contributed by atoms with Crippen molar-refractivity contribution in [3.05, 3.63) is 28.8 Å². The van der Waals surface area contributed by atoms with Gasteiger partial charge in [0.2, 0.25) is 0 Å². The number of amidine groups is 1. The maximum Gasteiger partial charge on any atom is 0.124 e. The lowest BCUT2D eigenvalue weighted by atomic mass is 9.98. The fraction of sp³-hybridized carbons (Fsp3) is 0.533. The van der Waals surface area contributed by atoms with Crippen LogP contribution in [0.3, 0.4) is 0 Å². The SMILES string of the molecule is CCC1CCCN(c2ccc(Cl)cc2C(=N)N)CC1. The molecule has 3 N–H and O–H groups in total. The summed E-state index contributed by atoms with van der Waals surface area (Å²) in [5, 5.41) is 8.35. The van der Waals surface area contributed by atoms with Crippen LogP contribution in [0.4, 0.5) is 5.69 Å². The average Bonchev–Trinajstić information content (AvgIpc) is 2.63. The molecule has 0 amide bonds. The van der Waals surface area contributed by atoms with E-state index in [1.54, 1.807) is 6.07 Å². The summed E-state index contributed by atoms with van der Waals surface area (Å²) in [6.45, 7) is 4.35. The van der Waals surface area contributed by atoms with Gasteiger partial charge in [-0.25, -0.2) is 0 Å². The summed E-state index contributed by atoms with van der Waals surface area (Å²) in [6.07, 6.45) is 4.99. The Labute approximate surface area is 120 Å². The first-order chi connectivity index (χ1) is 9.11. The minimum absolute atomic E-state index is 0.0915. The molecule has 1 atom stereocenters. The van der Waals surface area contributed by atoms with Gasteiger partial charge in [-0.15, -0.1) is 0 Å². The highest BCUT2D eigenvalue weighted by molar-refractivity contribution is 6.31. The molecule has 0 radical (unpaired) electrons. The third-order valence-electron chi connectivity index (χ3n) is 4.01. The molecule has 0 saturated carbocycles. The number of benzene rings is 1. The van der Waals surface area contributed by atoms with Crippen LogP contribution in [-0.4, -0.2) is 18.9 Å². The van der Waals surface area contributed by atoms with Gasteiger partial charge in [0.05, 0.1) is 0 Å². The van der Waals surface area contributed by atoms with Crippen LogP contribution in [0.25, 0.3) is 0 Å². The van der Waals surface area contributed by atoms with Crippen LogP contribution >= 0.6 is 11.6 Å². The minimum atomic E-state index is 0.0915. The third kappa shape index (κ3) is 3.41. The molecule has 1 unspecified atom stereocenters. The van der Waals surface area contributed by atoms with E-state index in [2.05, 4.69) is 11.8 Å². The van der Waals surface area contributed by atoms with Crippen molar-refractivity contribution in [3.8, 4) is 0 Å². The standard InChI is InChI=1S/C15H22ClN3/c1-2-11-4-3-8-19(9-7-11)14-6-5-12(16)10-13(14)15(17)18/h5-6,10-11H,2-4,7-9H2,1H3,(H3,17,18). The molecule has 4 heteroatoms. The van der Waals surface area contributed by atoms with E-state index in [4.69, 9.17) is 22.7 Å². The predicted molar refractivity (Wildman–Crippen MR) is 82.3 cm³/mol. The van der Waals surface area contributed by atoms with Crippen LogP contribution in [0, 0.1) is 11.3 Å². The van der Waals surface area contributed by atoms with Gasteiger partial charge in [0.25, 0.3) is 0 Å². The zero-order chi connectivity index (χ0) is 13.8. The van der Waals surface area contributed by atoms with Crippen molar-refractivity contribution in [3.63, 3.8) is 0 Å². The van der Waals surface area contributed by atoms with E-state index in [1.807, 2.05) is 12.1 Å². The van der Waals surface area contributed by atoms with Gasteiger partial charge in [-0.1, -0.05) is 24.9 Å². The molecular weight excluding hydrogens is 258 g/mol. The number of rotatable bonds is 3. The van der Waals surface area contributed by atoms with Crippen LogP contribution in [-0.2, 0) is 0 Å². The number of nitrogens with two attached hydrogens (primary N) is 1. The second kappa shape index (κ2) is 6.29. The quantitative estimate of drug-likeness (QED) is 0.656. The molecule has 1 fully saturated rings. The van der Waals surface area contributed by atoms with Gasteiger partial charge in [0.1, 0.15) is 5.84 Å². The molecular formula is C15H22ClN3. The summed E-state index contributed by atoms with van der Waals surface area (Å²) in [4.78, 5) is 2.35. The minimum Gasteiger partial charge on any atom is -0.384 e. The third-order valence-corrected chi connectivity index (χ3v) is 4.25. The van der Waals surface area contributed by atoms with Crippen LogP contribution < -0.4 is 10.6 Å². The Bertz CT molecular complexity index is 459. The van der Waals surface area contributed by atoms with Gasteiger partial charge in [-0.05, 0) is 43.4 Å². The summed E-state index contributed by atoms with van der Waals surface area (Å²) in [6, 6.07) is 5.66. The first-order valence-electron chi connectivity index (χ1n) is 7.00. The Balaban J connectivity index is 2.23. The van der Waals surface area contributed by atoms with E-state index < -0.39 is 0 Å². The molecule has 1 heterocycles. The van der Waals surface area contributed by atoms with Crippen molar-refractivity contribution in [2.75, 3.05) is 18.0 Å². The molecule has 1 aliphatic heterocycles. The van der Waals surface area contributed by atoms with Crippen LogP contribution in [0.15, 0.2) is 18.2 Å². The molecule has 1 saturated heterocycles. The lowest BCUT2D eigenvalue weighted by Gasteiger charge is -2.25. The number of nitrogens with one attached hydrogen (secondary N) is 1. The van der Waals surface area contributed by atoms with Gasteiger partial charge in [-0.2, -0.15) is 0 Å². The number of anilines is 1. The lowest BCUT2D eigenvalue weighted by Crippen LogP contribution is -2.27. The number of halogens is 1. The predicted octanol–water partition coefficient (Wildman–Crippen LogP) is 3.64. The molecule has 104 valence electrons. The highest BCUT2D eigenvalue weighted by Gasteiger charge is 2.19. The first kappa shape index (κ1) is 14.2. The van der Waals surface area contributed by atoms with E-state index in [1.165, 1.54) is 25.7 Å². The molecule has 0 bridgehead atoms. The Kier molecular flexibility index (Phi) is 4.70. The molecule has 1 aliphatic rings. The van der Waals surface area contributed by atoms with E-state index in [-0.39, 0.29) is 5.84 Å². The molecule has 0 aromatic heterocycles. The highest BCUT2D eigenvalue weighted by atomic mass is 35.5. The van der Waals surface area contributed by atoms with Gasteiger partial charge in [-0.3, -0.25) is 5.41 Å². The van der Waals surface area contributed by atoms with Crippen LogP contribution in [0.2, 0.25) is 5.02 Å². The Hall–Kier alpha value is -1.22. The number of nitrogen functional groups attached to an aromatic ring is 1. The normalized spacial score (nSPS) is 20.1. The molecule has 0 spiro atoms. The molecule has 1 aromatic carbocycles. The number of hydrogen-bond acceptors (Lipinski definition) is 2. The second-order valence-corrected chi connectivity index (χ2v) is 5.70. The van der Waals surface area contributed by atoms with Gasteiger partial charge in [0, 0.05) is 29.4 Å². The van der Waals surface area contributed by atoms with Gasteiger partial charge in [0.15, 0.2) is 0 Å². The van der Waals surface area contributed by atoms with Crippen molar-refractivity contribution in [1.82, 2.24) is 0 Å². The summed E-state index contributed by atoms with van der Waals surface area (Å²) in [7, 11) is 0. The fourth-order valence-corrected chi connectivity index (χ4v) is 2.99. The second-order valence-electron chi connectivity index (χ2n) is 5.27. The van der Waals surface area contributed by atoms with Crippen LogP contribution in [0.1, 0.15) is 38.2 Å². The van der Waals surface area contributed by atoms with Crippen molar-refractivity contribution < 1.29 is 0 Å². The first-order valence-corrected chi connectivity index (χ1v) is 7.38. The van der Waals surface area contributed by atoms with Gasteiger partial charge < -0.3 is 10.6 Å². The van der Waals surface area contributed by atoms with E-state index in [0.717, 1.165) is 30.3 Å². The summed E-state index contributed by atoms with van der Waals surface area (Å²) < 4.78 is 0. The molecule has 3 nitrogen and oxygen atoms in total. The number of nitrogens with zero attached hydrogens (tertiary/aromatic N) is 1. The summed E-state index contributed by atoms with van der Waals surface area (Å²) in [5.41, 5.74) is 7.48. The fourth-order valence-electron chi connectivity index (χ4n) is 2.81. The largest absolute Gasteiger partial charge is 0.384 e. The van der Waals surface area contributed by atoms with Crippen molar-refractivity contribution >= 4 is 23.1 Å². The molecule has 1 aromatic rings. The topological polar surface area (TPSA) is 53.1 Å². The molecule has 0 aliphatic carbocycles. The van der Waals surface area contributed by atoms with Crippen molar-refractivity contribution in [1.29, 1.82) is 5.41 Å². The van der Waals surface area contributed by atoms with E-state index >= 15 is 0 Å². The average molecular weight is 280 g/mol. The van der Waals surface area contributed by atoms with Crippen LogP contribution in [0.5, 0.6) is 0 Å². The lowest BCUT2D eigenvalue weighted by molar-refractivity contribution is 0.459. The number of hydrogen-bond donors (Lipinski definition) is 2. The zero-order valence-electron chi connectivity index (χ0n) is 11.5. The maximum atomic E-state index is 7.71. The Morgan fingerprint density at radius 3 is 2.89 bits per heavy atom. The van der Waals surface area contributed by atoms with Crippen molar-refractivity contribution in [2.24, 2.45) is 11.7 Å². The van der Waals surface area contributed by atoms with Crippen molar-refractivity contribution in [2.45, 2.75) is 32.6 Å². The highest BCUT2D eigenvalue weighted by Crippen LogP contribution is 2.28. The van der Waals surface area contributed by atoms with Gasteiger partial charge >= 0.3 is 0 Å². The smallest absolute Gasteiger partial charge is 0.124 e. The summed E-state index contributed by atoms with van der Waals surface area (Å²) >= 11 is 6.01. The Morgan fingerprint density at radius 2 is 2.21 bits per heavy atom.